The monoisotopic (exact) mass is 327 g/mol. The average molecular weight is 327 g/mol. The molecule has 0 saturated carbocycles. The number of ether oxygens (including phenoxy) is 2. The van der Waals surface area contributed by atoms with Gasteiger partial charge in [0.15, 0.2) is 6.10 Å². The number of amides is 1. The van der Waals surface area contributed by atoms with Gasteiger partial charge in [-0.1, -0.05) is 42.8 Å². The Kier molecular flexibility index (Phi) is 6.24. The van der Waals surface area contributed by atoms with Crippen molar-refractivity contribution >= 4 is 5.91 Å². The van der Waals surface area contributed by atoms with Gasteiger partial charge in [-0.15, -0.1) is 0 Å². The molecule has 0 unspecified atom stereocenters. The molecular weight excluding hydrogens is 302 g/mol. The minimum absolute atomic E-state index is 0.0269. The molecule has 0 spiro atoms. The molecule has 0 radical (unpaired) electrons. The van der Waals surface area contributed by atoms with Gasteiger partial charge in [0, 0.05) is 19.7 Å². The molecule has 2 aromatic carbocycles. The van der Waals surface area contributed by atoms with E-state index in [2.05, 4.69) is 12.1 Å². The van der Waals surface area contributed by atoms with Gasteiger partial charge >= 0.3 is 0 Å². The molecule has 128 valence electrons. The van der Waals surface area contributed by atoms with E-state index in [1.807, 2.05) is 44.2 Å². The van der Waals surface area contributed by atoms with Gasteiger partial charge in [0.2, 0.25) is 0 Å². The number of carbonyl (C=O) groups is 1. The van der Waals surface area contributed by atoms with Crippen molar-refractivity contribution in [1.29, 1.82) is 0 Å². The summed E-state index contributed by atoms with van der Waals surface area (Å²) >= 11 is 0. The van der Waals surface area contributed by atoms with Crippen LogP contribution in [0.15, 0.2) is 48.5 Å². The van der Waals surface area contributed by atoms with E-state index in [9.17, 15) is 4.79 Å². The number of hydrogen-bond acceptors (Lipinski definition) is 3. The van der Waals surface area contributed by atoms with Crippen molar-refractivity contribution < 1.29 is 14.3 Å². The van der Waals surface area contributed by atoms with Crippen LogP contribution < -0.4 is 9.47 Å². The van der Waals surface area contributed by atoms with E-state index >= 15 is 0 Å². The minimum Gasteiger partial charge on any atom is -0.497 e. The number of rotatable bonds is 7. The maximum Gasteiger partial charge on any atom is 0.263 e. The summed E-state index contributed by atoms with van der Waals surface area (Å²) in [5.41, 5.74) is 2.31. The second-order valence-electron chi connectivity index (χ2n) is 5.87. The fraction of sp³-hybridized carbons (Fsp3) is 0.350. The highest BCUT2D eigenvalue weighted by atomic mass is 16.5. The van der Waals surface area contributed by atoms with E-state index in [4.69, 9.17) is 9.47 Å². The molecule has 0 aliphatic rings. The first-order valence-electron chi connectivity index (χ1n) is 8.14. The number of benzene rings is 2. The summed E-state index contributed by atoms with van der Waals surface area (Å²) in [6.45, 7) is 4.56. The largest absolute Gasteiger partial charge is 0.497 e. The third-order valence-electron chi connectivity index (χ3n) is 3.88. The molecule has 1 amide bonds. The zero-order chi connectivity index (χ0) is 17.5. The highest BCUT2D eigenvalue weighted by molar-refractivity contribution is 5.81. The van der Waals surface area contributed by atoms with E-state index in [1.54, 1.807) is 25.1 Å². The third-order valence-corrected chi connectivity index (χ3v) is 3.88. The molecule has 0 aliphatic heterocycles. The van der Waals surface area contributed by atoms with Crippen molar-refractivity contribution in [1.82, 2.24) is 4.90 Å². The first kappa shape index (κ1) is 17.9. The zero-order valence-corrected chi connectivity index (χ0v) is 14.8. The predicted octanol–water partition coefficient (Wildman–Crippen LogP) is 3.82. The molecule has 1 atom stereocenters. The number of aryl methyl sites for hydroxylation is 1. The summed E-state index contributed by atoms with van der Waals surface area (Å²) in [5.74, 6) is 1.32. The van der Waals surface area contributed by atoms with Crippen LogP contribution >= 0.6 is 0 Å². The molecular formula is C20H25NO3. The third kappa shape index (κ3) is 4.75. The van der Waals surface area contributed by atoms with E-state index < -0.39 is 6.10 Å². The van der Waals surface area contributed by atoms with E-state index in [-0.39, 0.29) is 5.91 Å². The topological polar surface area (TPSA) is 38.8 Å². The van der Waals surface area contributed by atoms with Crippen molar-refractivity contribution in [2.75, 3.05) is 14.2 Å². The van der Waals surface area contributed by atoms with Crippen molar-refractivity contribution in [2.45, 2.75) is 32.9 Å². The Morgan fingerprint density at radius 3 is 2.42 bits per heavy atom. The molecule has 0 fully saturated rings. The number of likely N-dealkylation sites (N-methyl/N-ethyl adjacent to an activating group) is 1. The lowest BCUT2D eigenvalue weighted by atomic mass is 10.1. The molecule has 2 aromatic rings. The number of hydrogen-bond donors (Lipinski definition) is 0. The Bertz CT molecular complexity index is 667. The van der Waals surface area contributed by atoms with Crippen LogP contribution in [0, 0.1) is 6.92 Å². The van der Waals surface area contributed by atoms with E-state index in [0.29, 0.717) is 24.5 Å². The summed E-state index contributed by atoms with van der Waals surface area (Å²) in [6.07, 6.45) is 0.0985. The van der Waals surface area contributed by atoms with E-state index in [0.717, 1.165) is 5.56 Å². The van der Waals surface area contributed by atoms with Crippen LogP contribution in [-0.2, 0) is 11.3 Å². The second-order valence-corrected chi connectivity index (χ2v) is 5.87. The quantitative estimate of drug-likeness (QED) is 0.776. The van der Waals surface area contributed by atoms with Gasteiger partial charge in [-0.05, 0) is 31.0 Å². The summed E-state index contributed by atoms with van der Waals surface area (Å²) in [7, 11) is 3.41. The van der Waals surface area contributed by atoms with Gasteiger partial charge in [0.25, 0.3) is 5.91 Å². The molecule has 0 saturated heterocycles. The molecule has 4 heteroatoms. The maximum atomic E-state index is 12.7. The van der Waals surface area contributed by atoms with Crippen LogP contribution in [0.4, 0.5) is 0 Å². The fourth-order valence-electron chi connectivity index (χ4n) is 2.44. The first-order chi connectivity index (χ1) is 11.5. The Morgan fingerprint density at radius 1 is 1.12 bits per heavy atom. The molecule has 0 N–H and O–H groups in total. The molecule has 0 aliphatic carbocycles. The Hall–Kier alpha value is -2.49. The number of nitrogens with zero attached hydrogens (tertiary/aromatic N) is 1. The highest BCUT2D eigenvalue weighted by Crippen LogP contribution is 2.21. The SMILES string of the molecule is CC[C@H](Oc1cccc(OC)c1)C(=O)N(C)Cc1ccc(C)cc1. The highest BCUT2D eigenvalue weighted by Gasteiger charge is 2.22. The lowest BCUT2D eigenvalue weighted by molar-refractivity contribution is -0.138. The van der Waals surface area contributed by atoms with Gasteiger partial charge in [0.05, 0.1) is 7.11 Å². The van der Waals surface area contributed by atoms with Crippen molar-refractivity contribution in [3.63, 3.8) is 0 Å². The minimum atomic E-state index is -0.507. The molecule has 4 nitrogen and oxygen atoms in total. The van der Waals surface area contributed by atoms with Crippen LogP contribution in [0.5, 0.6) is 11.5 Å². The Morgan fingerprint density at radius 2 is 1.79 bits per heavy atom. The number of methoxy groups -OCH3 is 1. The van der Waals surface area contributed by atoms with Crippen LogP contribution in [0.2, 0.25) is 0 Å². The van der Waals surface area contributed by atoms with Crippen molar-refractivity contribution in [3.05, 3.63) is 59.7 Å². The summed E-state index contributed by atoms with van der Waals surface area (Å²) in [6, 6.07) is 15.5. The van der Waals surface area contributed by atoms with Crippen LogP contribution in [0.25, 0.3) is 0 Å². The maximum absolute atomic E-state index is 12.7. The van der Waals surface area contributed by atoms with Gasteiger partial charge in [0.1, 0.15) is 11.5 Å². The summed E-state index contributed by atoms with van der Waals surface area (Å²) in [4.78, 5) is 14.4. The molecule has 0 bridgehead atoms. The zero-order valence-electron chi connectivity index (χ0n) is 14.8. The van der Waals surface area contributed by atoms with Crippen LogP contribution in [0.3, 0.4) is 0 Å². The van der Waals surface area contributed by atoms with Crippen molar-refractivity contribution in [3.8, 4) is 11.5 Å². The fourth-order valence-corrected chi connectivity index (χ4v) is 2.44. The molecule has 24 heavy (non-hydrogen) atoms. The second kappa shape index (κ2) is 8.39. The average Bonchev–Trinajstić information content (AvgIpc) is 2.61. The first-order valence-corrected chi connectivity index (χ1v) is 8.14. The van der Waals surface area contributed by atoms with Crippen molar-refractivity contribution in [2.24, 2.45) is 0 Å². The normalized spacial score (nSPS) is 11.7. The lowest BCUT2D eigenvalue weighted by Crippen LogP contribution is -2.39. The molecule has 2 rings (SSSR count). The summed E-state index contributed by atoms with van der Waals surface area (Å²) in [5, 5.41) is 0. The summed E-state index contributed by atoms with van der Waals surface area (Å²) < 4.78 is 11.1. The van der Waals surface area contributed by atoms with Gasteiger partial charge in [-0.2, -0.15) is 0 Å². The smallest absolute Gasteiger partial charge is 0.263 e. The number of carbonyl (C=O) groups excluding carboxylic acids is 1. The molecule has 0 aromatic heterocycles. The predicted molar refractivity (Wildman–Crippen MR) is 95.4 cm³/mol. The molecule has 0 heterocycles. The lowest BCUT2D eigenvalue weighted by Gasteiger charge is -2.24. The Balaban J connectivity index is 2.02. The van der Waals surface area contributed by atoms with Crippen LogP contribution in [-0.4, -0.2) is 31.1 Å². The van der Waals surface area contributed by atoms with Gasteiger partial charge < -0.3 is 14.4 Å². The van der Waals surface area contributed by atoms with E-state index in [1.165, 1.54) is 5.56 Å². The Labute approximate surface area is 144 Å². The van der Waals surface area contributed by atoms with Gasteiger partial charge in [-0.25, -0.2) is 0 Å². The van der Waals surface area contributed by atoms with Crippen LogP contribution in [0.1, 0.15) is 24.5 Å². The van der Waals surface area contributed by atoms with Gasteiger partial charge in [-0.3, -0.25) is 4.79 Å². The standard InChI is InChI=1S/C20H25NO3/c1-5-19(24-18-8-6-7-17(13-18)23-4)20(22)21(3)14-16-11-9-15(2)10-12-16/h6-13,19H,5,14H2,1-4H3/t19-/m0/s1.